The van der Waals surface area contributed by atoms with Crippen LogP contribution in [-0.2, 0) is 10.0 Å². The van der Waals surface area contributed by atoms with E-state index in [2.05, 4.69) is 14.7 Å². The Morgan fingerprint density at radius 3 is 3.00 bits per heavy atom. The highest BCUT2D eigenvalue weighted by atomic mass is 35.5. The van der Waals surface area contributed by atoms with Crippen molar-refractivity contribution < 1.29 is 17.9 Å². The van der Waals surface area contributed by atoms with E-state index in [0.29, 0.717) is 11.0 Å². The van der Waals surface area contributed by atoms with Crippen molar-refractivity contribution >= 4 is 32.7 Å². The molecule has 3 aromatic heterocycles. The van der Waals surface area contributed by atoms with Crippen molar-refractivity contribution in [1.82, 2.24) is 14.7 Å². The Hall–Kier alpha value is -1.87. The highest BCUT2D eigenvalue weighted by Gasteiger charge is 2.23. The van der Waals surface area contributed by atoms with Crippen molar-refractivity contribution in [3.05, 3.63) is 47.6 Å². The van der Waals surface area contributed by atoms with Crippen molar-refractivity contribution in [3.63, 3.8) is 0 Å². The number of fused-ring (bicyclic) bond motifs is 1. The van der Waals surface area contributed by atoms with Crippen LogP contribution in [0.3, 0.4) is 0 Å². The number of hydrogen-bond donors (Lipinski definition) is 3. The molecular weight excluding hydrogens is 330 g/mol. The number of pyridine rings is 1. The average molecular weight is 342 g/mol. The van der Waals surface area contributed by atoms with Gasteiger partial charge in [-0.1, -0.05) is 11.6 Å². The third-order valence-electron chi connectivity index (χ3n) is 3.11. The molecule has 0 amide bonds. The maximum absolute atomic E-state index is 12.4. The van der Waals surface area contributed by atoms with Gasteiger partial charge in [0.05, 0.1) is 16.7 Å². The Balaban J connectivity index is 1.86. The molecule has 0 saturated carbocycles. The molecule has 3 aromatic rings. The van der Waals surface area contributed by atoms with Crippen LogP contribution in [0.5, 0.6) is 0 Å². The van der Waals surface area contributed by atoms with Crippen LogP contribution in [0.1, 0.15) is 11.9 Å². The van der Waals surface area contributed by atoms with E-state index in [9.17, 15) is 13.5 Å². The SMILES string of the molecule is O=S(=O)(NCC(O)c1ccco1)c1c[nH]c2nccc(Cl)c12. The van der Waals surface area contributed by atoms with Gasteiger partial charge in [-0.3, -0.25) is 0 Å². The second-order valence-corrected chi connectivity index (χ2v) is 6.69. The van der Waals surface area contributed by atoms with E-state index in [4.69, 9.17) is 16.0 Å². The monoisotopic (exact) mass is 341 g/mol. The van der Waals surface area contributed by atoms with Gasteiger partial charge in [0.1, 0.15) is 22.4 Å². The van der Waals surface area contributed by atoms with E-state index in [1.54, 1.807) is 12.1 Å². The van der Waals surface area contributed by atoms with Crippen LogP contribution in [0.2, 0.25) is 5.02 Å². The van der Waals surface area contributed by atoms with Crippen molar-refractivity contribution in [2.75, 3.05) is 6.54 Å². The Kier molecular flexibility index (Phi) is 3.92. The van der Waals surface area contributed by atoms with Gasteiger partial charge >= 0.3 is 0 Å². The van der Waals surface area contributed by atoms with Gasteiger partial charge in [0.25, 0.3) is 0 Å². The lowest BCUT2D eigenvalue weighted by atomic mass is 10.3. The fourth-order valence-corrected chi connectivity index (χ4v) is 3.57. The maximum atomic E-state index is 12.4. The largest absolute Gasteiger partial charge is 0.467 e. The van der Waals surface area contributed by atoms with Gasteiger partial charge in [0.2, 0.25) is 10.0 Å². The fourth-order valence-electron chi connectivity index (χ4n) is 2.05. The summed E-state index contributed by atoms with van der Waals surface area (Å²) in [6, 6.07) is 4.68. The van der Waals surface area contributed by atoms with Gasteiger partial charge in [-0.15, -0.1) is 0 Å². The van der Waals surface area contributed by atoms with Crippen LogP contribution in [-0.4, -0.2) is 30.0 Å². The lowest BCUT2D eigenvalue weighted by Crippen LogP contribution is -2.28. The Bertz CT molecular complexity index is 889. The first-order valence-electron chi connectivity index (χ1n) is 6.32. The molecule has 3 heterocycles. The summed E-state index contributed by atoms with van der Waals surface area (Å²) >= 11 is 6.04. The molecule has 22 heavy (non-hydrogen) atoms. The standard InChI is InChI=1S/C13H12ClN3O4S/c14-8-3-4-15-13-12(8)11(7-16-13)22(19,20)17-6-9(18)10-2-1-5-21-10/h1-5,7,9,17-18H,6H2,(H,15,16). The zero-order valence-electron chi connectivity index (χ0n) is 11.2. The number of aliphatic hydroxyl groups is 1. The smallest absolute Gasteiger partial charge is 0.242 e. The number of aromatic nitrogens is 2. The number of H-pyrrole nitrogens is 1. The van der Waals surface area contributed by atoms with Crippen molar-refractivity contribution in [3.8, 4) is 0 Å². The number of halogens is 1. The van der Waals surface area contributed by atoms with Gasteiger partial charge in [-0.2, -0.15) is 0 Å². The molecule has 0 aliphatic heterocycles. The third kappa shape index (κ3) is 2.73. The topological polar surface area (TPSA) is 108 Å². The van der Waals surface area contributed by atoms with Gasteiger partial charge in [0, 0.05) is 18.9 Å². The van der Waals surface area contributed by atoms with E-state index < -0.39 is 16.1 Å². The first-order valence-corrected chi connectivity index (χ1v) is 8.18. The summed E-state index contributed by atoms with van der Waals surface area (Å²) in [5.74, 6) is 0.279. The van der Waals surface area contributed by atoms with Crippen LogP contribution in [0.4, 0.5) is 0 Å². The summed E-state index contributed by atoms with van der Waals surface area (Å²) < 4.78 is 32.1. The van der Waals surface area contributed by atoms with Crippen LogP contribution < -0.4 is 4.72 Å². The molecule has 116 valence electrons. The van der Waals surface area contributed by atoms with E-state index in [1.807, 2.05) is 0 Å². The highest BCUT2D eigenvalue weighted by molar-refractivity contribution is 7.89. The predicted molar refractivity (Wildman–Crippen MR) is 80.0 cm³/mol. The molecule has 0 aromatic carbocycles. The van der Waals surface area contributed by atoms with Crippen LogP contribution in [0.15, 0.2) is 46.2 Å². The minimum Gasteiger partial charge on any atom is -0.467 e. The van der Waals surface area contributed by atoms with E-state index in [1.165, 1.54) is 24.7 Å². The molecule has 0 saturated heterocycles. The zero-order chi connectivity index (χ0) is 15.7. The molecule has 3 rings (SSSR count). The lowest BCUT2D eigenvalue weighted by Gasteiger charge is -2.10. The summed E-state index contributed by atoms with van der Waals surface area (Å²) in [7, 11) is -3.86. The number of sulfonamides is 1. The number of furan rings is 1. The predicted octanol–water partition coefficient (Wildman–Crippen LogP) is 1.82. The molecule has 0 radical (unpaired) electrons. The molecule has 0 bridgehead atoms. The third-order valence-corrected chi connectivity index (χ3v) is 4.88. The molecule has 7 nitrogen and oxygen atoms in total. The van der Waals surface area contributed by atoms with Crippen LogP contribution in [0, 0.1) is 0 Å². The molecule has 0 spiro atoms. The zero-order valence-corrected chi connectivity index (χ0v) is 12.7. The molecular formula is C13H12ClN3O4S. The van der Waals surface area contributed by atoms with Crippen LogP contribution >= 0.6 is 11.6 Å². The summed E-state index contributed by atoms with van der Waals surface area (Å²) in [5, 5.41) is 10.5. The molecule has 0 fully saturated rings. The number of rotatable bonds is 5. The minimum atomic E-state index is -3.86. The van der Waals surface area contributed by atoms with E-state index in [-0.39, 0.29) is 22.2 Å². The first kappa shape index (κ1) is 15.0. The number of nitrogens with zero attached hydrogens (tertiary/aromatic N) is 1. The fraction of sp³-hybridized carbons (Fsp3) is 0.154. The Morgan fingerprint density at radius 2 is 2.27 bits per heavy atom. The lowest BCUT2D eigenvalue weighted by molar-refractivity contribution is 0.154. The van der Waals surface area contributed by atoms with Crippen molar-refractivity contribution in [1.29, 1.82) is 0 Å². The van der Waals surface area contributed by atoms with Gasteiger partial charge < -0.3 is 14.5 Å². The first-order chi connectivity index (χ1) is 10.5. The summed E-state index contributed by atoms with van der Waals surface area (Å²) in [5.41, 5.74) is 0.374. The maximum Gasteiger partial charge on any atom is 0.242 e. The highest BCUT2D eigenvalue weighted by Crippen LogP contribution is 2.28. The number of aliphatic hydroxyl groups excluding tert-OH is 1. The number of aromatic amines is 1. The molecule has 1 unspecified atom stereocenters. The van der Waals surface area contributed by atoms with Crippen molar-refractivity contribution in [2.24, 2.45) is 0 Å². The normalized spacial score (nSPS) is 13.5. The Labute approximate surface area is 131 Å². The average Bonchev–Trinajstić information content (AvgIpc) is 3.14. The number of hydrogen-bond acceptors (Lipinski definition) is 5. The summed E-state index contributed by atoms with van der Waals surface area (Å²) in [6.07, 6.45) is 3.11. The van der Waals surface area contributed by atoms with Gasteiger partial charge in [0.15, 0.2) is 0 Å². The second-order valence-electron chi connectivity index (χ2n) is 4.55. The molecule has 9 heteroatoms. The van der Waals surface area contributed by atoms with Gasteiger partial charge in [-0.05, 0) is 18.2 Å². The summed E-state index contributed by atoms with van der Waals surface area (Å²) in [6.45, 7) is -0.222. The van der Waals surface area contributed by atoms with Crippen molar-refractivity contribution in [2.45, 2.75) is 11.0 Å². The molecule has 0 aliphatic carbocycles. The summed E-state index contributed by atoms with van der Waals surface area (Å²) in [4.78, 5) is 6.75. The molecule has 1 atom stereocenters. The van der Waals surface area contributed by atoms with Crippen LogP contribution in [0.25, 0.3) is 11.0 Å². The van der Waals surface area contributed by atoms with E-state index in [0.717, 1.165) is 0 Å². The minimum absolute atomic E-state index is 0.0211. The number of nitrogens with one attached hydrogen (secondary N) is 2. The second kappa shape index (κ2) is 5.73. The molecule has 0 aliphatic rings. The van der Waals surface area contributed by atoms with E-state index >= 15 is 0 Å². The quantitative estimate of drug-likeness (QED) is 0.656. The Morgan fingerprint density at radius 1 is 1.45 bits per heavy atom. The molecule has 3 N–H and O–H groups in total. The van der Waals surface area contributed by atoms with Gasteiger partial charge in [-0.25, -0.2) is 18.1 Å².